The summed E-state index contributed by atoms with van der Waals surface area (Å²) in [5.41, 5.74) is 1.92. The second kappa shape index (κ2) is 5.96. The molecule has 96 valence electrons. The zero-order valence-electron chi connectivity index (χ0n) is 11.4. The van der Waals surface area contributed by atoms with E-state index in [0.717, 1.165) is 17.9 Å². The van der Waals surface area contributed by atoms with Crippen LogP contribution in [0.3, 0.4) is 0 Å². The van der Waals surface area contributed by atoms with E-state index in [-0.39, 0.29) is 17.8 Å². The van der Waals surface area contributed by atoms with Gasteiger partial charge >= 0.3 is 0 Å². The topological polar surface area (TPSA) is 44.1 Å². The summed E-state index contributed by atoms with van der Waals surface area (Å²) in [6.07, 6.45) is 0.0706. The van der Waals surface area contributed by atoms with E-state index in [9.17, 15) is 4.79 Å². The highest BCUT2D eigenvalue weighted by molar-refractivity contribution is 5.85. The minimum absolute atomic E-state index is 0.122. The molecule has 0 aliphatic carbocycles. The van der Waals surface area contributed by atoms with Crippen molar-refractivity contribution in [2.75, 3.05) is 7.11 Å². The number of aromatic nitrogens is 2. The quantitative estimate of drug-likeness (QED) is 0.761. The highest BCUT2D eigenvalue weighted by Gasteiger charge is 2.22. The van der Waals surface area contributed by atoms with Crippen LogP contribution in [0.15, 0.2) is 6.07 Å². The van der Waals surface area contributed by atoms with Gasteiger partial charge in [0.1, 0.15) is 6.10 Å². The fraction of sp³-hybridized carbons (Fsp3) is 0.692. The Morgan fingerprint density at radius 3 is 2.65 bits per heavy atom. The first kappa shape index (κ1) is 13.9. The average Bonchev–Trinajstić information content (AvgIpc) is 2.59. The van der Waals surface area contributed by atoms with Crippen molar-refractivity contribution >= 4 is 5.78 Å². The molecule has 0 bridgehead atoms. The Bertz CT molecular complexity index is 383. The van der Waals surface area contributed by atoms with Gasteiger partial charge in [0.15, 0.2) is 5.78 Å². The molecule has 0 saturated heterocycles. The molecule has 1 unspecified atom stereocenters. The maximum absolute atomic E-state index is 12.1. The normalized spacial score (nSPS) is 13.1. The minimum atomic E-state index is -0.324. The molecule has 0 fully saturated rings. The third kappa shape index (κ3) is 3.40. The van der Waals surface area contributed by atoms with Crippen molar-refractivity contribution in [3.63, 3.8) is 0 Å². The Hall–Kier alpha value is -1.16. The van der Waals surface area contributed by atoms with Gasteiger partial charge in [-0.3, -0.25) is 9.48 Å². The van der Waals surface area contributed by atoms with Gasteiger partial charge in [-0.1, -0.05) is 13.8 Å². The van der Waals surface area contributed by atoms with Gasteiger partial charge in [-0.05, 0) is 25.8 Å². The third-order valence-corrected chi connectivity index (χ3v) is 2.82. The van der Waals surface area contributed by atoms with Crippen LogP contribution in [0.5, 0.6) is 0 Å². The molecule has 0 saturated carbocycles. The second-order valence-electron chi connectivity index (χ2n) is 4.64. The van der Waals surface area contributed by atoms with Crippen molar-refractivity contribution < 1.29 is 9.53 Å². The molecular weight excluding hydrogens is 216 g/mol. The standard InChI is InChI=1S/C13H22N2O2/c1-6-15-11(7-10(4)14-15)8-12(16)13(17-5)9(2)3/h7,9,13H,6,8H2,1-5H3. The van der Waals surface area contributed by atoms with E-state index in [1.165, 1.54) is 0 Å². The summed E-state index contributed by atoms with van der Waals surface area (Å²) in [6.45, 7) is 8.74. The van der Waals surface area contributed by atoms with E-state index in [1.807, 2.05) is 38.4 Å². The number of rotatable bonds is 6. The molecule has 0 aliphatic heterocycles. The van der Waals surface area contributed by atoms with Crippen LogP contribution in [-0.4, -0.2) is 28.8 Å². The van der Waals surface area contributed by atoms with E-state index in [1.54, 1.807) is 7.11 Å². The van der Waals surface area contributed by atoms with Crippen molar-refractivity contribution in [1.29, 1.82) is 0 Å². The summed E-state index contributed by atoms with van der Waals surface area (Å²) in [4.78, 5) is 12.1. The summed E-state index contributed by atoms with van der Waals surface area (Å²) < 4.78 is 7.12. The molecule has 0 aromatic carbocycles. The van der Waals surface area contributed by atoms with E-state index >= 15 is 0 Å². The van der Waals surface area contributed by atoms with E-state index in [4.69, 9.17) is 4.74 Å². The summed E-state index contributed by atoms with van der Waals surface area (Å²) >= 11 is 0. The molecule has 0 aliphatic rings. The van der Waals surface area contributed by atoms with Crippen LogP contribution in [0.25, 0.3) is 0 Å². The molecular formula is C13H22N2O2. The average molecular weight is 238 g/mol. The number of methoxy groups -OCH3 is 1. The molecule has 0 spiro atoms. The maximum Gasteiger partial charge on any atom is 0.167 e. The van der Waals surface area contributed by atoms with Crippen LogP contribution in [-0.2, 0) is 22.5 Å². The highest BCUT2D eigenvalue weighted by Crippen LogP contribution is 2.12. The van der Waals surface area contributed by atoms with Crippen molar-refractivity contribution in [2.45, 2.75) is 46.8 Å². The summed E-state index contributed by atoms with van der Waals surface area (Å²) in [5.74, 6) is 0.323. The van der Waals surface area contributed by atoms with Crippen LogP contribution in [0.2, 0.25) is 0 Å². The number of hydrogen-bond donors (Lipinski definition) is 0. The molecule has 1 aromatic heterocycles. The number of hydrogen-bond acceptors (Lipinski definition) is 3. The lowest BCUT2D eigenvalue weighted by Gasteiger charge is -2.17. The number of ether oxygens (including phenoxy) is 1. The predicted molar refractivity (Wildman–Crippen MR) is 67.0 cm³/mol. The number of nitrogens with zero attached hydrogens (tertiary/aromatic N) is 2. The van der Waals surface area contributed by atoms with E-state index in [2.05, 4.69) is 5.10 Å². The smallest absolute Gasteiger partial charge is 0.167 e. The Morgan fingerprint density at radius 1 is 1.53 bits per heavy atom. The van der Waals surface area contributed by atoms with Gasteiger partial charge in [0.05, 0.1) is 12.1 Å². The zero-order valence-corrected chi connectivity index (χ0v) is 11.4. The van der Waals surface area contributed by atoms with Crippen molar-refractivity contribution in [3.8, 4) is 0 Å². The predicted octanol–water partition coefficient (Wildman–Crippen LogP) is 1.99. The Labute approximate surface area is 103 Å². The lowest BCUT2D eigenvalue weighted by Crippen LogP contribution is -2.30. The molecule has 4 heteroatoms. The van der Waals surface area contributed by atoms with Gasteiger partial charge in [0, 0.05) is 19.3 Å². The lowest BCUT2D eigenvalue weighted by molar-refractivity contribution is -0.130. The zero-order chi connectivity index (χ0) is 13.0. The third-order valence-electron chi connectivity index (χ3n) is 2.82. The first-order valence-corrected chi connectivity index (χ1v) is 6.08. The minimum Gasteiger partial charge on any atom is -0.373 e. The van der Waals surface area contributed by atoms with Gasteiger partial charge in [-0.25, -0.2) is 0 Å². The number of carbonyl (C=O) groups is 1. The van der Waals surface area contributed by atoms with E-state index in [0.29, 0.717) is 6.42 Å². The molecule has 1 heterocycles. The SMILES string of the molecule is CCn1nc(C)cc1CC(=O)C(OC)C(C)C. The first-order valence-electron chi connectivity index (χ1n) is 6.08. The van der Waals surface area contributed by atoms with Crippen LogP contribution < -0.4 is 0 Å². The first-order chi connectivity index (χ1) is 7.99. The van der Waals surface area contributed by atoms with Crippen molar-refractivity contribution in [1.82, 2.24) is 9.78 Å². The fourth-order valence-electron chi connectivity index (χ4n) is 2.07. The van der Waals surface area contributed by atoms with E-state index < -0.39 is 0 Å². The monoisotopic (exact) mass is 238 g/mol. The lowest BCUT2D eigenvalue weighted by atomic mass is 10.00. The van der Waals surface area contributed by atoms with Gasteiger partial charge < -0.3 is 4.74 Å². The molecule has 0 N–H and O–H groups in total. The molecule has 1 atom stereocenters. The van der Waals surface area contributed by atoms with Gasteiger partial charge in [0.25, 0.3) is 0 Å². The van der Waals surface area contributed by atoms with Crippen LogP contribution in [0.4, 0.5) is 0 Å². The van der Waals surface area contributed by atoms with Crippen molar-refractivity contribution in [2.24, 2.45) is 5.92 Å². The number of ketones is 1. The Kier molecular flexibility index (Phi) is 4.87. The van der Waals surface area contributed by atoms with Gasteiger partial charge in [-0.2, -0.15) is 5.10 Å². The molecule has 1 rings (SSSR count). The highest BCUT2D eigenvalue weighted by atomic mass is 16.5. The largest absolute Gasteiger partial charge is 0.373 e. The van der Waals surface area contributed by atoms with Crippen LogP contribution in [0.1, 0.15) is 32.2 Å². The van der Waals surface area contributed by atoms with Gasteiger partial charge in [0.2, 0.25) is 0 Å². The molecule has 1 aromatic rings. The van der Waals surface area contributed by atoms with Crippen LogP contribution >= 0.6 is 0 Å². The Balaban J connectivity index is 2.79. The summed E-state index contributed by atoms with van der Waals surface area (Å²) in [6, 6.07) is 1.97. The summed E-state index contributed by atoms with van der Waals surface area (Å²) in [7, 11) is 1.59. The second-order valence-corrected chi connectivity index (χ2v) is 4.64. The number of carbonyl (C=O) groups excluding carboxylic acids is 1. The van der Waals surface area contributed by atoms with Crippen LogP contribution in [0, 0.1) is 12.8 Å². The summed E-state index contributed by atoms with van der Waals surface area (Å²) in [5, 5.41) is 4.34. The number of aryl methyl sites for hydroxylation is 2. The fourth-order valence-corrected chi connectivity index (χ4v) is 2.07. The molecule has 0 amide bonds. The van der Waals surface area contributed by atoms with Crippen molar-refractivity contribution in [3.05, 3.63) is 17.5 Å². The Morgan fingerprint density at radius 2 is 2.18 bits per heavy atom. The molecule has 17 heavy (non-hydrogen) atoms. The number of Topliss-reactive ketones (excluding diaryl/α,β-unsaturated/α-hetero) is 1. The molecule has 4 nitrogen and oxygen atoms in total. The molecule has 0 radical (unpaired) electrons. The van der Waals surface area contributed by atoms with Gasteiger partial charge in [-0.15, -0.1) is 0 Å². The maximum atomic E-state index is 12.1.